The zero-order chi connectivity index (χ0) is 16.6. The summed E-state index contributed by atoms with van der Waals surface area (Å²) in [5.74, 6) is 7.40. The van der Waals surface area contributed by atoms with E-state index >= 15 is 0 Å². The van der Waals surface area contributed by atoms with Gasteiger partial charge in [-0.25, -0.2) is 0 Å². The molecule has 0 saturated heterocycles. The van der Waals surface area contributed by atoms with E-state index in [1.165, 1.54) is 19.3 Å². The van der Waals surface area contributed by atoms with Crippen molar-refractivity contribution in [1.29, 1.82) is 0 Å². The number of hydrogen-bond donors (Lipinski definition) is 0. The second-order valence-electron chi connectivity index (χ2n) is 7.29. The van der Waals surface area contributed by atoms with Crippen LogP contribution >= 0.6 is 0 Å². The molecule has 22 heavy (non-hydrogen) atoms. The Bertz CT molecular complexity index is 436. The predicted octanol–water partition coefficient (Wildman–Crippen LogP) is 5.49. The Balaban J connectivity index is 2.55. The Morgan fingerprint density at radius 1 is 1.14 bits per heavy atom. The number of Topliss-reactive ketones (excluding diaryl/α,β-unsaturated/α-hetero) is 1. The quantitative estimate of drug-likeness (QED) is 0.311. The van der Waals surface area contributed by atoms with E-state index in [-0.39, 0.29) is 11.9 Å². The van der Waals surface area contributed by atoms with E-state index in [0.29, 0.717) is 11.4 Å². The van der Waals surface area contributed by atoms with E-state index in [1.54, 1.807) is 0 Å². The molecular weight excluding hydrogens is 333 g/mol. The van der Waals surface area contributed by atoms with Crippen LogP contribution in [0.1, 0.15) is 56.3 Å². The SMILES string of the molecule is CCCCC[C@@H](O[C@H](C)CC(=O)c1ccccc1)[Ge]([CH3])([CH3])[CH3]. The van der Waals surface area contributed by atoms with Crippen LogP contribution in [0.4, 0.5) is 0 Å². The van der Waals surface area contributed by atoms with Gasteiger partial charge in [-0.1, -0.05) is 0 Å². The van der Waals surface area contributed by atoms with Gasteiger partial charge in [-0.3, -0.25) is 0 Å². The summed E-state index contributed by atoms with van der Waals surface area (Å²) in [6, 6.07) is 9.53. The molecule has 0 aliphatic rings. The maximum absolute atomic E-state index is 12.3. The average Bonchev–Trinajstić information content (AvgIpc) is 2.46. The summed E-state index contributed by atoms with van der Waals surface area (Å²) in [7, 11) is 0. The molecule has 0 heterocycles. The molecule has 0 saturated carbocycles. The van der Waals surface area contributed by atoms with Crippen molar-refractivity contribution in [2.45, 2.75) is 74.3 Å². The van der Waals surface area contributed by atoms with Crippen molar-refractivity contribution in [3.8, 4) is 0 Å². The first-order chi connectivity index (χ1) is 10.3. The minimum absolute atomic E-state index is 0.00387. The fraction of sp³-hybridized carbons (Fsp3) is 0.632. The third kappa shape index (κ3) is 7.10. The van der Waals surface area contributed by atoms with E-state index < -0.39 is 13.3 Å². The molecule has 0 N–H and O–H groups in total. The number of hydrogen-bond acceptors (Lipinski definition) is 2. The van der Waals surface area contributed by atoms with Gasteiger partial charge in [0.15, 0.2) is 0 Å². The van der Waals surface area contributed by atoms with Crippen LogP contribution in [-0.4, -0.2) is 30.1 Å². The van der Waals surface area contributed by atoms with Crippen molar-refractivity contribution in [2.24, 2.45) is 0 Å². The van der Waals surface area contributed by atoms with E-state index in [0.717, 1.165) is 12.0 Å². The molecular formula is C19H32GeO2. The van der Waals surface area contributed by atoms with Crippen LogP contribution in [0.15, 0.2) is 30.3 Å². The van der Waals surface area contributed by atoms with Crippen LogP contribution in [0.3, 0.4) is 0 Å². The van der Waals surface area contributed by atoms with Crippen molar-refractivity contribution in [2.75, 3.05) is 0 Å². The van der Waals surface area contributed by atoms with Gasteiger partial charge in [0.25, 0.3) is 0 Å². The Morgan fingerprint density at radius 3 is 2.32 bits per heavy atom. The van der Waals surface area contributed by atoms with Crippen LogP contribution in [-0.2, 0) is 4.74 Å². The van der Waals surface area contributed by atoms with E-state index in [9.17, 15) is 4.79 Å². The zero-order valence-corrected chi connectivity index (χ0v) is 17.0. The van der Waals surface area contributed by atoms with Crippen molar-refractivity contribution in [1.82, 2.24) is 0 Å². The second kappa shape index (κ2) is 9.51. The summed E-state index contributed by atoms with van der Waals surface area (Å²) in [4.78, 5) is 12.7. The van der Waals surface area contributed by atoms with Crippen LogP contribution < -0.4 is 0 Å². The molecule has 2 nitrogen and oxygen atoms in total. The first-order valence-corrected chi connectivity index (χ1v) is 16.1. The summed E-state index contributed by atoms with van der Waals surface area (Å²) in [5, 5.41) is 0. The van der Waals surface area contributed by atoms with Gasteiger partial charge in [0.05, 0.1) is 0 Å². The van der Waals surface area contributed by atoms with Gasteiger partial charge >= 0.3 is 139 Å². The first kappa shape index (κ1) is 19.4. The van der Waals surface area contributed by atoms with E-state index in [1.807, 2.05) is 37.3 Å². The van der Waals surface area contributed by atoms with E-state index in [2.05, 4.69) is 24.2 Å². The molecule has 0 amide bonds. The maximum atomic E-state index is 12.3. The molecule has 1 rings (SSSR count). The monoisotopic (exact) mass is 366 g/mol. The van der Waals surface area contributed by atoms with Gasteiger partial charge in [0.1, 0.15) is 0 Å². The van der Waals surface area contributed by atoms with Crippen LogP contribution in [0, 0.1) is 0 Å². The summed E-state index contributed by atoms with van der Waals surface area (Å²) >= 11 is -1.88. The van der Waals surface area contributed by atoms with Crippen molar-refractivity contribution < 1.29 is 9.53 Å². The molecule has 0 bridgehead atoms. The number of carbonyl (C=O) groups excluding carboxylic acids is 1. The Hall–Kier alpha value is -0.607. The standard InChI is InChI=1S/C19H32GeO2/c1-6-7-9-14-19(20(3,4)5)22-16(2)15-18(21)17-12-10-8-11-13-17/h8,10-13,16,19H,6-7,9,14-15H2,1-5H3/t16-,19-/m1/s1. The zero-order valence-electron chi connectivity index (χ0n) is 14.9. The minimum atomic E-state index is -1.88. The van der Waals surface area contributed by atoms with Crippen LogP contribution in [0.2, 0.25) is 17.3 Å². The van der Waals surface area contributed by atoms with E-state index in [4.69, 9.17) is 4.74 Å². The summed E-state index contributed by atoms with van der Waals surface area (Å²) < 4.78 is 6.32. The number of benzene rings is 1. The average molecular weight is 365 g/mol. The molecule has 0 aliphatic heterocycles. The summed E-state index contributed by atoms with van der Waals surface area (Å²) in [5.41, 5.74) is 0.790. The Morgan fingerprint density at radius 2 is 1.77 bits per heavy atom. The van der Waals surface area contributed by atoms with Crippen molar-refractivity contribution in [3.05, 3.63) is 35.9 Å². The molecule has 3 heteroatoms. The molecule has 0 radical (unpaired) electrons. The molecule has 1 aromatic carbocycles. The van der Waals surface area contributed by atoms with Gasteiger partial charge in [0, 0.05) is 0 Å². The summed E-state index contributed by atoms with van der Waals surface area (Å²) in [6.07, 6.45) is 5.39. The molecule has 0 aromatic heterocycles. The van der Waals surface area contributed by atoms with Gasteiger partial charge in [0.2, 0.25) is 0 Å². The third-order valence-corrected chi connectivity index (χ3v) is 8.95. The molecule has 0 fully saturated rings. The van der Waals surface area contributed by atoms with Crippen molar-refractivity contribution in [3.63, 3.8) is 0 Å². The summed E-state index contributed by atoms with van der Waals surface area (Å²) in [6.45, 7) is 4.27. The Labute approximate surface area is 139 Å². The van der Waals surface area contributed by atoms with Crippen molar-refractivity contribution >= 4 is 19.0 Å². The molecule has 0 aliphatic carbocycles. The number of unbranched alkanes of at least 4 members (excludes halogenated alkanes) is 2. The van der Waals surface area contributed by atoms with Gasteiger partial charge in [-0.2, -0.15) is 0 Å². The predicted molar refractivity (Wildman–Crippen MR) is 97.2 cm³/mol. The van der Waals surface area contributed by atoms with Crippen LogP contribution in [0.5, 0.6) is 0 Å². The number of carbonyl (C=O) groups is 1. The third-order valence-electron chi connectivity index (χ3n) is 4.00. The fourth-order valence-electron chi connectivity index (χ4n) is 2.62. The molecule has 124 valence electrons. The van der Waals surface area contributed by atoms with Gasteiger partial charge < -0.3 is 0 Å². The number of ketones is 1. The molecule has 1 aromatic rings. The second-order valence-corrected chi connectivity index (χ2v) is 18.6. The molecule has 2 atom stereocenters. The topological polar surface area (TPSA) is 26.3 Å². The molecule has 0 unspecified atom stereocenters. The van der Waals surface area contributed by atoms with Crippen LogP contribution in [0.25, 0.3) is 0 Å². The van der Waals surface area contributed by atoms with Gasteiger partial charge in [-0.15, -0.1) is 0 Å². The number of ether oxygens (including phenoxy) is 1. The van der Waals surface area contributed by atoms with Gasteiger partial charge in [-0.05, 0) is 0 Å². The normalized spacial score (nSPS) is 14.6. The number of rotatable bonds is 10. The molecule has 0 spiro atoms. The first-order valence-electron chi connectivity index (χ1n) is 8.58. The Kier molecular flexibility index (Phi) is 8.41. The fourth-order valence-corrected chi connectivity index (χ4v) is 6.21.